The molecule has 2 aromatic rings. The Morgan fingerprint density at radius 3 is 1.75 bits per heavy atom. The summed E-state index contributed by atoms with van der Waals surface area (Å²) in [7, 11) is 2.10. The Morgan fingerprint density at radius 2 is 1.35 bits per heavy atom. The Balaban J connectivity index is 0.00000147. The molecule has 4 nitrogen and oxygen atoms in total. The van der Waals surface area contributed by atoms with Crippen LogP contribution in [-0.4, -0.2) is 30.6 Å². The van der Waals surface area contributed by atoms with Crippen LogP contribution < -0.4 is 9.62 Å². The van der Waals surface area contributed by atoms with Crippen molar-refractivity contribution >= 4 is 19.2 Å². The molecule has 2 aromatic heterocycles. The van der Waals surface area contributed by atoms with Gasteiger partial charge in [-0.15, -0.1) is 0 Å². The molecule has 1 saturated heterocycles. The molecule has 0 spiro atoms. The van der Waals surface area contributed by atoms with Crippen LogP contribution in [-0.2, 0) is 20.1 Å². The van der Waals surface area contributed by atoms with Crippen LogP contribution in [0.1, 0.15) is 11.1 Å². The maximum Gasteiger partial charge on any atom is 0.394 e. The third-order valence-corrected chi connectivity index (χ3v) is 3.37. The zero-order valence-electron chi connectivity index (χ0n) is 11.6. The average Bonchev–Trinajstić information content (AvgIpc) is 2.89. The van der Waals surface area contributed by atoms with Gasteiger partial charge in [0, 0.05) is 45.6 Å². The zero-order valence-corrected chi connectivity index (χ0v) is 14.0. The van der Waals surface area contributed by atoms with E-state index in [1.54, 1.807) is 0 Å². The van der Waals surface area contributed by atoms with E-state index in [1.807, 2.05) is 24.5 Å². The summed E-state index contributed by atoms with van der Waals surface area (Å²) >= 11 is 0. The van der Waals surface area contributed by atoms with Gasteiger partial charge in [0.25, 0.3) is 0 Å². The van der Waals surface area contributed by atoms with Crippen molar-refractivity contribution in [2.24, 2.45) is 0 Å². The zero-order chi connectivity index (χ0) is 13.2. The summed E-state index contributed by atoms with van der Waals surface area (Å²) in [6.07, 6.45) is 3.68. The molecular formula is C14H16BIrN4. The van der Waals surface area contributed by atoms with Crippen molar-refractivity contribution in [2.75, 3.05) is 22.7 Å². The summed E-state index contributed by atoms with van der Waals surface area (Å²) in [4.78, 5) is 13.3. The monoisotopic (exact) mass is 444 g/mol. The van der Waals surface area contributed by atoms with Gasteiger partial charge in [-0.05, 0) is 37.1 Å². The van der Waals surface area contributed by atoms with Gasteiger partial charge in [0.2, 0.25) is 0 Å². The fourth-order valence-electron chi connectivity index (χ4n) is 2.38. The second kappa shape index (κ2) is 6.38. The molecule has 1 aliphatic rings. The number of rotatable bonds is 2. The quantitative estimate of drug-likeness (QED) is 0.665. The third kappa shape index (κ3) is 2.86. The molecule has 1 fully saturated rings. The number of nitrogens with zero attached hydrogens (tertiary/aromatic N) is 4. The van der Waals surface area contributed by atoms with Gasteiger partial charge in [-0.3, -0.25) is 0 Å². The molecule has 3 heterocycles. The predicted octanol–water partition coefficient (Wildman–Crippen LogP) is 1.95. The van der Waals surface area contributed by atoms with Crippen LogP contribution in [0.25, 0.3) is 0 Å². The molecule has 104 valence electrons. The molecule has 0 bridgehead atoms. The van der Waals surface area contributed by atoms with Crippen LogP contribution in [0.4, 0.5) is 11.6 Å². The van der Waals surface area contributed by atoms with Crippen molar-refractivity contribution in [3.8, 4) is 0 Å². The minimum atomic E-state index is 0. The van der Waals surface area contributed by atoms with Crippen LogP contribution in [0, 0.1) is 13.8 Å². The Morgan fingerprint density at radius 1 is 0.900 bits per heavy atom. The van der Waals surface area contributed by atoms with E-state index in [-0.39, 0.29) is 20.1 Å². The first-order chi connectivity index (χ1) is 9.25. The molecule has 0 saturated carbocycles. The SMILES string of the molecule is Cc1cccnc1N1[B]N(c2ncccc2C)CC1.[Ir]. The van der Waals surface area contributed by atoms with Crippen LogP contribution >= 0.6 is 0 Å². The smallest absolute Gasteiger partial charge is 0.382 e. The summed E-state index contributed by atoms with van der Waals surface area (Å²) in [5.41, 5.74) is 2.39. The van der Waals surface area contributed by atoms with Crippen molar-refractivity contribution in [3.63, 3.8) is 0 Å². The fourth-order valence-corrected chi connectivity index (χ4v) is 2.38. The topological polar surface area (TPSA) is 32.3 Å². The molecule has 0 N–H and O–H groups in total. The van der Waals surface area contributed by atoms with Crippen LogP contribution in [0.2, 0.25) is 0 Å². The predicted molar refractivity (Wildman–Crippen MR) is 78.4 cm³/mol. The van der Waals surface area contributed by atoms with Crippen molar-refractivity contribution in [1.82, 2.24) is 9.97 Å². The number of pyridine rings is 2. The standard InChI is InChI=1S/C14H16BN4.Ir/c1-11-5-3-7-16-13(11)18-9-10-19(15-18)14-12(2)6-4-8-17-14;/h3-8H,9-10H2,1-2H3;. The Hall–Kier alpha value is -1.39. The largest absolute Gasteiger partial charge is 0.394 e. The molecule has 0 unspecified atom stereocenters. The van der Waals surface area contributed by atoms with Gasteiger partial charge in [-0.25, -0.2) is 9.97 Å². The van der Waals surface area contributed by atoms with Gasteiger partial charge >= 0.3 is 7.55 Å². The molecule has 1 aliphatic heterocycles. The number of anilines is 2. The summed E-state index contributed by atoms with van der Waals surface area (Å²) in [6.45, 7) is 6.05. The van der Waals surface area contributed by atoms with Crippen LogP contribution in [0.3, 0.4) is 0 Å². The summed E-state index contributed by atoms with van der Waals surface area (Å²) in [6, 6.07) is 8.11. The Kier molecular flexibility index (Phi) is 4.79. The van der Waals surface area contributed by atoms with Gasteiger partial charge in [0.1, 0.15) is 11.6 Å². The summed E-state index contributed by atoms with van der Waals surface area (Å²) < 4.78 is 0. The molecule has 2 radical (unpaired) electrons. The first-order valence-corrected chi connectivity index (χ1v) is 6.47. The maximum atomic E-state index is 4.46. The Bertz CT molecular complexity index is 541. The summed E-state index contributed by atoms with van der Waals surface area (Å²) in [5, 5.41) is 0. The van der Waals surface area contributed by atoms with Crippen molar-refractivity contribution in [2.45, 2.75) is 13.8 Å². The van der Waals surface area contributed by atoms with Crippen LogP contribution in [0.15, 0.2) is 36.7 Å². The normalized spacial score (nSPS) is 13.9. The average molecular weight is 443 g/mol. The molecule has 0 aromatic carbocycles. The van der Waals surface area contributed by atoms with Crippen molar-refractivity contribution in [1.29, 1.82) is 0 Å². The van der Waals surface area contributed by atoms with E-state index in [1.165, 1.54) is 11.1 Å². The minimum Gasteiger partial charge on any atom is -0.382 e. The molecular weight excluding hydrogens is 427 g/mol. The van der Waals surface area contributed by atoms with E-state index in [4.69, 9.17) is 0 Å². The van der Waals surface area contributed by atoms with Gasteiger partial charge in [0.15, 0.2) is 0 Å². The van der Waals surface area contributed by atoms with E-state index in [0.29, 0.717) is 0 Å². The third-order valence-electron chi connectivity index (χ3n) is 3.37. The molecule has 20 heavy (non-hydrogen) atoms. The first kappa shape index (κ1) is 15.0. The van der Waals surface area contributed by atoms with Crippen molar-refractivity contribution in [3.05, 3.63) is 47.8 Å². The van der Waals surface area contributed by atoms with E-state index < -0.39 is 0 Å². The molecule has 3 rings (SSSR count). The molecule has 0 aliphatic carbocycles. The number of hydrogen-bond acceptors (Lipinski definition) is 4. The second-order valence-electron chi connectivity index (χ2n) is 4.79. The van der Waals surface area contributed by atoms with Gasteiger partial charge in [-0.2, -0.15) is 0 Å². The van der Waals surface area contributed by atoms with Gasteiger partial charge < -0.3 is 9.62 Å². The minimum absolute atomic E-state index is 0. The van der Waals surface area contributed by atoms with E-state index in [9.17, 15) is 0 Å². The Labute approximate surface area is 133 Å². The summed E-state index contributed by atoms with van der Waals surface area (Å²) in [5.74, 6) is 2.05. The molecule has 6 heteroatoms. The van der Waals surface area contributed by atoms with Gasteiger partial charge in [0.05, 0.1) is 0 Å². The second-order valence-corrected chi connectivity index (χ2v) is 4.79. The number of hydrogen-bond donors (Lipinski definition) is 0. The van der Waals surface area contributed by atoms with E-state index in [2.05, 4.69) is 53.1 Å². The maximum absolute atomic E-state index is 4.46. The fraction of sp³-hybridized carbons (Fsp3) is 0.286. The van der Waals surface area contributed by atoms with E-state index in [0.717, 1.165) is 24.7 Å². The van der Waals surface area contributed by atoms with Crippen LogP contribution in [0.5, 0.6) is 0 Å². The van der Waals surface area contributed by atoms with E-state index >= 15 is 0 Å². The first-order valence-electron chi connectivity index (χ1n) is 6.47. The van der Waals surface area contributed by atoms with Crippen molar-refractivity contribution < 1.29 is 20.1 Å². The molecule has 0 atom stereocenters. The molecule has 0 amide bonds. The number of aryl methyl sites for hydroxylation is 2. The van der Waals surface area contributed by atoms with Gasteiger partial charge in [-0.1, -0.05) is 12.1 Å². The number of aromatic nitrogens is 2.